The lowest BCUT2D eigenvalue weighted by molar-refractivity contribution is 0.112. The number of halogens is 1. The molecule has 0 aliphatic rings. The molecular weight excluding hydrogens is 285 g/mol. The summed E-state index contributed by atoms with van der Waals surface area (Å²) in [6, 6.07) is 10.8. The summed E-state index contributed by atoms with van der Waals surface area (Å²) in [5.74, 6) is 0.389. The summed E-state index contributed by atoms with van der Waals surface area (Å²) in [5, 5.41) is 8.84. The predicted octanol–water partition coefficient (Wildman–Crippen LogP) is 3.49. The van der Waals surface area contributed by atoms with Gasteiger partial charge in [0.15, 0.2) is 11.5 Å². The Morgan fingerprint density at radius 3 is 2.68 bits per heavy atom. The molecule has 0 aliphatic carbocycles. The van der Waals surface area contributed by atoms with Crippen molar-refractivity contribution < 1.29 is 18.7 Å². The van der Waals surface area contributed by atoms with E-state index in [1.165, 1.54) is 18.2 Å². The molecule has 2 aromatic rings. The third-order valence-corrected chi connectivity index (χ3v) is 2.96. The molecule has 0 aliphatic heterocycles. The Hall–Kier alpha value is -2.87. The van der Waals surface area contributed by atoms with Crippen molar-refractivity contribution in [1.82, 2.24) is 0 Å². The highest BCUT2D eigenvalue weighted by Gasteiger charge is 2.09. The second kappa shape index (κ2) is 7.23. The second-order valence-corrected chi connectivity index (χ2v) is 4.46. The van der Waals surface area contributed by atoms with Crippen molar-refractivity contribution in [3.8, 4) is 17.6 Å². The minimum atomic E-state index is -0.443. The lowest BCUT2D eigenvalue weighted by Gasteiger charge is -2.12. The lowest BCUT2D eigenvalue weighted by Crippen LogP contribution is -2.02. The van der Waals surface area contributed by atoms with Gasteiger partial charge in [-0.15, -0.1) is 0 Å². The van der Waals surface area contributed by atoms with Crippen molar-refractivity contribution in [2.24, 2.45) is 0 Å². The summed E-state index contributed by atoms with van der Waals surface area (Å²) in [4.78, 5) is 10.8. The van der Waals surface area contributed by atoms with Crippen molar-refractivity contribution in [2.75, 3.05) is 6.61 Å². The summed E-state index contributed by atoms with van der Waals surface area (Å²) in [7, 11) is 0. The van der Waals surface area contributed by atoms with Gasteiger partial charge in [-0.2, -0.15) is 5.26 Å². The van der Waals surface area contributed by atoms with Crippen LogP contribution in [0.15, 0.2) is 36.4 Å². The Kier molecular flexibility index (Phi) is 5.10. The molecule has 0 saturated carbocycles. The van der Waals surface area contributed by atoms with Crippen LogP contribution in [0.25, 0.3) is 0 Å². The van der Waals surface area contributed by atoms with Gasteiger partial charge in [-0.25, -0.2) is 4.39 Å². The van der Waals surface area contributed by atoms with Gasteiger partial charge in [-0.3, -0.25) is 4.79 Å². The Labute approximate surface area is 127 Å². The maximum atomic E-state index is 13.7. The van der Waals surface area contributed by atoms with E-state index in [0.717, 1.165) is 0 Å². The number of carbonyl (C=O) groups excluding carboxylic acids is 1. The largest absolute Gasteiger partial charge is 0.490 e. The molecule has 0 radical (unpaired) electrons. The number of benzene rings is 2. The summed E-state index contributed by atoms with van der Waals surface area (Å²) in [5.41, 5.74) is 1.11. The van der Waals surface area contributed by atoms with Crippen LogP contribution in [0.4, 0.5) is 4.39 Å². The molecule has 0 N–H and O–H groups in total. The molecule has 5 heteroatoms. The molecule has 2 rings (SSSR count). The Bertz CT molecular complexity index is 722. The highest BCUT2D eigenvalue weighted by Crippen LogP contribution is 2.29. The maximum Gasteiger partial charge on any atom is 0.161 e. The highest BCUT2D eigenvalue weighted by atomic mass is 19.1. The molecule has 0 unspecified atom stereocenters. The van der Waals surface area contributed by atoms with Crippen LogP contribution in [0.2, 0.25) is 0 Å². The minimum Gasteiger partial charge on any atom is -0.490 e. The van der Waals surface area contributed by atoms with E-state index in [0.29, 0.717) is 35.5 Å². The molecule has 0 aromatic heterocycles. The Morgan fingerprint density at radius 1 is 1.18 bits per heavy atom. The number of hydrogen-bond acceptors (Lipinski definition) is 4. The SMILES string of the molecule is CCOc1cc(C=O)ccc1OCc1cc(C#N)ccc1F. The summed E-state index contributed by atoms with van der Waals surface area (Å²) >= 11 is 0. The van der Waals surface area contributed by atoms with E-state index in [2.05, 4.69) is 0 Å². The van der Waals surface area contributed by atoms with E-state index in [1.807, 2.05) is 13.0 Å². The molecule has 0 atom stereocenters. The van der Waals surface area contributed by atoms with Gasteiger partial charge in [0.25, 0.3) is 0 Å². The van der Waals surface area contributed by atoms with Crippen LogP contribution in [0.3, 0.4) is 0 Å². The fraction of sp³-hybridized carbons (Fsp3) is 0.176. The first-order chi connectivity index (χ1) is 10.7. The number of carbonyl (C=O) groups is 1. The summed E-state index contributed by atoms with van der Waals surface area (Å²) in [6.07, 6.45) is 0.711. The number of ether oxygens (including phenoxy) is 2. The molecule has 0 heterocycles. The average Bonchev–Trinajstić information content (AvgIpc) is 2.55. The van der Waals surface area contributed by atoms with Crippen LogP contribution in [0, 0.1) is 17.1 Å². The van der Waals surface area contributed by atoms with E-state index in [1.54, 1.807) is 18.2 Å². The molecule has 0 saturated heterocycles. The van der Waals surface area contributed by atoms with Crippen molar-refractivity contribution >= 4 is 6.29 Å². The van der Waals surface area contributed by atoms with Gasteiger partial charge >= 0.3 is 0 Å². The number of hydrogen-bond donors (Lipinski definition) is 0. The van der Waals surface area contributed by atoms with Crippen molar-refractivity contribution in [1.29, 1.82) is 5.26 Å². The van der Waals surface area contributed by atoms with Crippen molar-refractivity contribution in [2.45, 2.75) is 13.5 Å². The molecule has 22 heavy (non-hydrogen) atoms. The van der Waals surface area contributed by atoms with Gasteiger partial charge < -0.3 is 9.47 Å². The minimum absolute atomic E-state index is 0.0398. The van der Waals surface area contributed by atoms with Crippen LogP contribution < -0.4 is 9.47 Å². The van der Waals surface area contributed by atoms with E-state index in [-0.39, 0.29) is 12.2 Å². The van der Waals surface area contributed by atoms with Gasteiger partial charge in [0.1, 0.15) is 18.7 Å². The topological polar surface area (TPSA) is 59.3 Å². The van der Waals surface area contributed by atoms with Crippen LogP contribution in [-0.4, -0.2) is 12.9 Å². The first-order valence-corrected chi connectivity index (χ1v) is 6.71. The third-order valence-electron chi connectivity index (χ3n) is 2.96. The third kappa shape index (κ3) is 3.61. The standard InChI is InChI=1S/C17H14FNO3/c1-2-21-17-8-13(10-20)4-6-16(17)22-11-14-7-12(9-19)3-5-15(14)18/h3-8,10H,2,11H2,1H3. The second-order valence-electron chi connectivity index (χ2n) is 4.46. The van der Waals surface area contributed by atoms with Gasteiger partial charge in [0.05, 0.1) is 18.2 Å². The number of nitrogens with zero attached hydrogens (tertiary/aromatic N) is 1. The van der Waals surface area contributed by atoms with E-state index in [4.69, 9.17) is 14.7 Å². The van der Waals surface area contributed by atoms with Crippen molar-refractivity contribution in [3.63, 3.8) is 0 Å². The molecule has 0 amide bonds. The molecule has 0 spiro atoms. The van der Waals surface area contributed by atoms with Crippen LogP contribution in [0.5, 0.6) is 11.5 Å². The van der Waals surface area contributed by atoms with Gasteiger partial charge in [-0.1, -0.05) is 0 Å². The molecule has 0 fully saturated rings. The van der Waals surface area contributed by atoms with E-state index >= 15 is 0 Å². The molecule has 0 bridgehead atoms. The van der Waals surface area contributed by atoms with E-state index < -0.39 is 5.82 Å². The van der Waals surface area contributed by atoms with Gasteiger partial charge in [0.2, 0.25) is 0 Å². The van der Waals surface area contributed by atoms with Gasteiger partial charge in [-0.05, 0) is 43.3 Å². The predicted molar refractivity (Wildman–Crippen MR) is 78.4 cm³/mol. The molecule has 112 valence electrons. The zero-order valence-electron chi connectivity index (χ0n) is 12.0. The van der Waals surface area contributed by atoms with Crippen LogP contribution >= 0.6 is 0 Å². The zero-order valence-corrected chi connectivity index (χ0v) is 12.0. The first kappa shape index (κ1) is 15.5. The average molecular weight is 299 g/mol. The smallest absolute Gasteiger partial charge is 0.161 e. The van der Waals surface area contributed by atoms with Crippen LogP contribution in [-0.2, 0) is 6.61 Å². The highest BCUT2D eigenvalue weighted by molar-refractivity contribution is 5.76. The van der Waals surface area contributed by atoms with Crippen molar-refractivity contribution in [3.05, 3.63) is 58.9 Å². The fourth-order valence-corrected chi connectivity index (χ4v) is 1.90. The summed E-state index contributed by atoms with van der Waals surface area (Å²) < 4.78 is 24.7. The first-order valence-electron chi connectivity index (χ1n) is 6.71. The monoisotopic (exact) mass is 299 g/mol. The molecular formula is C17H14FNO3. The molecule has 4 nitrogen and oxygen atoms in total. The zero-order chi connectivity index (χ0) is 15.9. The normalized spacial score (nSPS) is 9.86. The quantitative estimate of drug-likeness (QED) is 0.766. The Balaban J connectivity index is 2.21. The lowest BCUT2D eigenvalue weighted by atomic mass is 10.1. The van der Waals surface area contributed by atoms with E-state index in [9.17, 15) is 9.18 Å². The number of nitriles is 1. The van der Waals surface area contributed by atoms with Crippen LogP contribution in [0.1, 0.15) is 28.4 Å². The number of aldehydes is 1. The van der Waals surface area contributed by atoms with Gasteiger partial charge in [0, 0.05) is 11.1 Å². The Morgan fingerprint density at radius 2 is 2.00 bits per heavy atom. The number of rotatable bonds is 6. The summed E-state index contributed by atoms with van der Waals surface area (Å²) in [6.45, 7) is 2.19. The maximum absolute atomic E-state index is 13.7. The molecule has 2 aromatic carbocycles. The fourth-order valence-electron chi connectivity index (χ4n) is 1.90.